The van der Waals surface area contributed by atoms with Gasteiger partial charge in [-0.2, -0.15) is 0 Å². The molecule has 2 N–H and O–H groups in total. The maximum Gasteiger partial charge on any atom is 0.122 e. The lowest BCUT2D eigenvalue weighted by Crippen LogP contribution is -2.17. The summed E-state index contributed by atoms with van der Waals surface area (Å²) in [6.45, 7) is 3.41. The van der Waals surface area contributed by atoms with E-state index in [1.807, 2.05) is 18.2 Å². The number of rotatable bonds is 6. The number of aromatic nitrogens is 1. The fourth-order valence-electron chi connectivity index (χ4n) is 2.32. The molecule has 1 aromatic heterocycles. The van der Waals surface area contributed by atoms with Gasteiger partial charge >= 0.3 is 0 Å². The van der Waals surface area contributed by atoms with E-state index in [-0.39, 0.29) is 0 Å². The molecule has 0 bridgehead atoms. The Morgan fingerprint density at radius 1 is 1.21 bits per heavy atom. The Morgan fingerprint density at radius 2 is 2.00 bits per heavy atom. The predicted octanol–water partition coefficient (Wildman–Crippen LogP) is 2.84. The number of para-hydroxylation sites is 1. The van der Waals surface area contributed by atoms with Gasteiger partial charge in [0.15, 0.2) is 0 Å². The van der Waals surface area contributed by atoms with Crippen molar-refractivity contribution in [3.8, 4) is 5.75 Å². The second-order valence-electron chi connectivity index (χ2n) is 4.89. The molecule has 1 heterocycles. The fourth-order valence-corrected chi connectivity index (χ4v) is 2.32. The summed E-state index contributed by atoms with van der Waals surface area (Å²) in [4.78, 5) is 0. The number of benzene rings is 1. The van der Waals surface area contributed by atoms with Crippen LogP contribution in [0.2, 0.25) is 0 Å². The highest BCUT2D eigenvalue weighted by atomic mass is 16.5. The number of nitrogens with two attached hydrogens (primary N) is 1. The summed E-state index contributed by atoms with van der Waals surface area (Å²) in [5, 5.41) is 0. The van der Waals surface area contributed by atoms with Crippen LogP contribution in [0.1, 0.15) is 23.6 Å². The van der Waals surface area contributed by atoms with E-state index in [1.165, 1.54) is 11.3 Å². The van der Waals surface area contributed by atoms with E-state index in [2.05, 4.69) is 42.9 Å². The molecule has 2 rings (SSSR count). The van der Waals surface area contributed by atoms with Gasteiger partial charge in [-0.3, -0.25) is 0 Å². The fraction of sp³-hybridized carbons (Fsp3) is 0.375. The molecule has 0 aliphatic rings. The summed E-state index contributed by atoms with van der Waals surface area (Å²) in [6.07, 6.45) is 3.00. The average Bonchev–Trinajstić information content (AvgIpc) is 2.82. The molecule has 0 aliphatic carbocycles. The molecular weight excluding hydrogens is 236 g/mol. The zero-order valence-corrected chi connectivity index (χ0v) is 11.7. The summed E-state index contributed by atoms with van der Waals surface area (Å²) in [5.74, 6) is 1.29. The molecule has 0 aliphatic heterocycles. The summed E-state index contributed by atoms with van der Waals surface area (Å²) >= 11 is 0. The molecule has 3 heteroatoms. The van der Waals surface area contributed by atoms with Crippen molar-refractivity contribution in [2.75, 3.05) is 13.2 Å². The van der Waals surface area contributed by atoms with Crippen LogP contribution in [0.4, 0.5) is 0 Å². The molecule has 0 saturated heterocycles. The van der Waals surface area contributed by atoms with E-state index in [1.54, 1.807) is 0 Å². The van der Waals surface area contributed by atoms with Crippen molar-refractivity contribution in [1.82, 2.24) is 4.57 Å². The first-order valence-corrected chi connectivity index (χ1v) is 6.72. The number of aryl methyl sites for hydroxylation is 2. The van der Waals surface area contributed by atoms with Gasteiger partial charge in [0.25, 0.3) is 0 Å². The quantitative estimate of drug-likeness (QED) is 0.865. The Balaban J connectivity index is 2.06. The molecule has 1 unspecified atom stereocenters. The van der Waals surface area contributed by atoms with Crippen molar-refractivity contribution in [3.05, 3.63) is 53.9 Å². The van der Waals surface area contributed by atoms with E-state index in [9.17, 15) is 0 Å². The molecular formula is C16H22N2O. The Bertz CT molecular complexity index is 519. The number of nitrogens with zero attached hydrogens (tertiary/aromatic N) is 1. The number of hydrogen-bond donors (Lipinski definition) is 1. The molecule has 1 atom stereocenters. The Kier molecular flexibility index (Phi) is 4.63. The third-order valence-corrected chi connectivity index (χ3v) is 3.45. The molecule has 0 spiro atoms. The van der Waals surface area contributed by atoms with Gasteiger partial charge in [0.05, 0.1) is 6.61 Å². The van der Waals surface area contributed by atoms with Gasteiger partial charge in [-0.25, -0.2) is 0 Å². The normalized spacial score (nSPS) is 12.4. The number of hydrogen-bond acceptors (Lipinski definition) is 2. The van der Waals surface area contributed by atoms with Crippen LogP contribution >= 0.6 is 0 Å². The van der Waals surface area contributed by atoms with Gasteiger partial charge in [-0.1, -0.05) is 18.2 Å². The third-order valence-electron chi connectivity index (χ3n) is 3.45. The van der Waals surface area contributed by atoms with E-state index in [0.717, 1.165) is 12.2 Å². The summed E-state index contributed by atoms with van der Waals surface area (Å²) in [6, 6.07) is 12.3. The monoisotopic (exact) mass is 258 g/mol. The second kappa shape index (κ2) is 6.43. The Morgan fingerprint density at radius 3 is 2.63 bits per heavy atom. The molecule has 2 aromatic rings. The predicted molar refractivity (Wildman–Crippen MR) is 78.5 cm³/mol. The summed E-state index contributed by atoms with van der Waals surface area (Å²) < 4.78 is 8.10. The molecule has 0 fully saturated rings. The van der Waals surface area contributed by atoms with Crippen molar-refractivity contribution < 1.29 is 4.74 Å². The average molecular weight is 258 g/mol. The largest absolute Gasteiger partial charge is 0.493 e. The lowest BCUT2D eigenvalue weighted by molar-refractivity contribution is 0.276. The highest BCUT2D eigenvalue weighted by Crippen LogP contribution is 2.23. The van der Waals surface area contributed by atoms with E-state index in [0.29, 0.717) is 19.1 Å². The van der Waals surface area contributed by atoms with Gasteiger partial charge in [0.2, 0.25) is 0 Å². The lowest BCUT2D eigenvalue weighted by Gasteiger charge is -2.19. The van der Waals surface area contributed by atoms with E-state index < -0.39 is 0 Å². The Hall–Kier alpha value is -1.74. The lowest BCUT2D eigenvalue weighted by atomic mass is 10.0. The minimum Gasteiger partial charge on any atom is -0.493 e. The first kappa shape index (κ1) is 13.7. The molecule has 3 nitrogen and oxygen atoms in total. The highest BCUT2D eigenvalue weighted by molar-refractivity contribution is 5.31. The maximum atomic E-state index is 5.96. The van der Waals surface area contributed by atoms with Crippen LogP contribution in [0.25, 0.3) is 0 Å². The van der Waals surface area contributed by atoms with Crippen LogP contribution in [-0.4, -0.2) is 17.7 Å². The van der Waals surface area contributed by atoms with Crippen LogP contribution in [0, 0.1) is 6.92 Å². The van der Waals surface area contributed by atoms with Crippen LogP contribution in [0.3, 0.4) is 0 Å². The smallest absolute Gasteiger partial charge is 0.122 e. The van der Waals surface area contributed by atoms with Crippen LogP contribution in [0.5, 0.6) is 5.75 Å². The minimum atomic E-state index is 0.338. The molecule has 1 aromatic carbocycles. The molecule has 0 radical (unpaired) electrons. The SMILES string of the molecule is Cc1ccccc1OCC(CCN)c1cccn1C. The zero-order chi connectivity index (χ0) is 13.7. The number of ether oxygens (including phenoxy) is 1. The highest BCUT2D eigenvalue weighted by Gasteiger charge is 2.14. The van der Waals surface area contributed by atoms with E-state index >= 15 is 0 Å². The van der Waals surface area contributed by atoms with Crippen molar-refractivity contribution in [1.29, 1.82) is 0 Å². The van der Waals surface area contributed by atoms with Crippen molar-refractivity contribution >= 4 is 0 Å². The Labute approximate surface area is 115 Å². The second-order valence-corrected chi connectivity index (χ2v) is 4.89. The first-order chi connectivity index (χ1) is 9.22. The molecule has 102 valence electrons. The van der Waals surface area contributed by atoms with Gasteiger partial charge in [0, 0.05) is 24.9 Å². The summed E-state index contributed by atoms with van der Waals surface area (Å²) in [5.41, 5.74) is 8.16. The zero-order valence-electron chi connectivity index (χ0n) is 11.7. The van der Waals surface area contributed by atoms with Gasteiger partial charge in [-0.05, 0) is 43.7 Å². The molecule has 0 amide bonds. The molecule has 0 saturated carbocycles. The van der Waals surface area contributed by atoms with Crippen molar-refractivity contribution in [3.63, 3.8) is 0 Å². The standard InChI is InChI=1S/C16H22N2O/c1-13-6-3-4-8-16(13)19-12-14(9-10-17)15-7-5-11-18(15)2/h3-8,11,14H,9-10,12,17H2,1-2H3. The third kappa shape index (κ3) is 3.38. The van der Waals surface area contributed by atoms with Gasteiger partial charge < -0.3 is 15.0 Å². The van der Waals surface area contributed by atoms with Gasteiger partial charge in [-0.15, -0.1) is 0 Å². The topological polar surface area (TPSA) is 40.2 Å². The van der Waals surface area contributed by atoms with Crippen LogP contribution < -0.4 is 10.5 Å². The van der Waals surface area contributed by atoms with Crippen molar-refractivity contribution in [2.45, 2.75) is 19.3 Å². The van der Waals surface area contributed by atoms with Gasteiger partial charge in [0.1, 0.15) is 5.75 Å². The summed E-state index contributed by atoms with van der Waals surface area (Å²) in [7, 11) is 2.06. The first-order valence-electron chi connectivity index (χ1n) is 6.72. The van der Waals surface area contributed by atoms with Crippen molar-refractivity contribution in [2.24, 2.45) is 12.8 Å². The minimum absolute atomic E-state index is 0.338. The van der Waals surface area contributed by atoms with Crippen LogP contribution in [-0.2, 0) is 7.05 Å². The van der Waals surface area contributed by atoms with E-state index in [4.69, 9.17) is 10.5 Å². The molecule has 19 heavy (non-hydrogen) atoms. The van der Waals surface area contributed by atoms with Crippen LogP contribution in [0.15, 0.2) is 42.6 Å². The maximum absolute atomic E-state index is 5.96.